The number of benzene rings is 2. The zero-order valence-electron chi connectivity index (χ0n) is 18.1. The molecule has 1 amide bonds. The van der Waals surface area contributed by atoms with E-state index in [0.29, 0.717) is 43.0 Å². The predicted molar refractivity (Wildman–Crippen MR) is 114 cm³/mol. The molecule has 10 heteroatoms. The number of hydrogen-bond donors (Lipinski definition) is 0. The summed E-state index contributed by atoms with van der Waals surface area (Å²) in [6, 6.07) is 8.64. The van der Waals surface area contributed by atoms with Gasteiger partial charge in [0.05, 0.1) is 25.4 Å². The molecule has 2 aromatic carbocycles. The van der Waals surface area contributed by atoms with Gasteiger partial charge in [-0.3, -0.25) is 4.79 Å². The number of alkyl halides is 3. The Hall–Kier alpha value is -3.56. The third-order valence-corrected chi connectivity index (χ3v) is 5.68. The van der Waals surface area contributed by atoms with Gasteiger partial charge in [-0.1, -0.05) is 0 Å². The van der Waals surface area contributed by atoms with Crippen molar-refractivity contribution in [2.45, 2.75) is 25.1 Å². The van der Waals surface area contributed by atoms with Gasteiger partial charge in [0.2, 0.25) is 0 Å². The van der Waals surface area contributed by atoms with Crippen LogP contribution in [0.1, 0.15) is 34.8 Å². The number of nitrogens with zero attached hydrogens (tertiary/aromatic N) is 3. The highest BCUT2D eigenvalue weighted by molar-refractivity contribution is 5.94. The van der Waals surface area contributed by atoms with Gasteiger partial charge in [0.25, 0.3) is 5.91 Å². The Labute approximate surface area is 188 Å². The maximum atomic E-state index is 12.8. The second-order valence-corrected chi connectivity index (χ2v) is 7.62. The van der Waals surface area contributed by atoms with Crippen molar-refractivity contribution in [1.29, 1.82) is 0 Å². The summed E-state index contributed by atoms with van der Waals surface area (Å²) in [5, 5.41) is 0.875. The Morgan fingerprint density at radius 1 is 1.00 bits per heavy atom. The minimum Gasteiger partial charge on any atom is -0.493 e. The molecule has 0 unspecified atom stereocenters. The first-order valence-electron chi connectivity index (χ1n) is 10.3. The van der Waals surface area contributed by atoms with Crippen molar-refractivity contribution in [1.82, 2.24) is 14.9 Å². The highest BCUT2D eigenvalue weighted by Crippen LogP contribution is 2.37. The minimum atomic E-state index is -4.77. The monoisotopic (exact) mass is 461 g/mol. The number of amides is 1. The summed E-state index contributed by atoms with van der Waals surface area (Å²) >= 11 is 0. The van der Waals surface area contributed by atoms with E-state index in [2.05, 4.69) is 14.7 Å². The van der Waals surface area contributed by atoms with Gasteiger partial charge in [0, 0.05) is 36.0 Å². The molecule has 33 heavy (non-hydrogen) atoms. The minimum absolute atomic E-state index is 0.125. The molecular weight excluding hydrogens is 439 g/mol. The van der Waals surface area contributed by atoms with Crippen LogP contribution in [-0.2, 0) is 0 Å². The molecule has 0 N–H and O–H groups in total. The van der Waals surface area contributed by atoms with E-state index in [9.17, 15) is 18.0 Å². The molecule has 1 saturated heterocycles. The van der Waals surface area contributed by atoms with Gasteiger partial charge in [0.1, 0.15) is 12.1 Å². The lowest BCUT2D eigenvalue weighted by Crippen LogP contribution is -2.38. The smallest absolute Gasteiger partial charge is 0.493 e. The highest BCUT2D eigenvalue weighted by Gasteiger charge is 2.31. The lowest BCUT2D eigenvalue weighted by molar-refractivity contribution is -0.274. The highest BCUT2D eigenvalue weighted by atomic mass is 19.4. The van der Waals surface area contributed by atoms with Gasteiger partial charge >= 0.3 is 6.36 Å². The van der Waals surface area contributed by atoms with E-state index < -0.39 is 6.36 Å². The van der Waals surface area contributed by atoms with Crippen molar-refractivity contribution in [2.24, 2.45) is 0 Å². The zero-order chi connectivity index (χ0) is 23.6. The molecule has 0 spiro atoms. The molecule has 0 bridgehead atoms. The molecule has 1 aromatic heterocycles. The summed E-state index contributed by atoms with van der Waals surface area (Å²) in [4.78, 5) is 23.4. The SMILES string of the molecule is COc1cc2ncnc(C3CCN(C(=O)c4ccc(OC(F)(F)F)cc4)CC3)c2cc1OC. The molecule has 0 atom stereocenters. The van der Waals surface area contributed by atoms with Crippen LogP contribution in [0.4, 0.5) is 13.2 Å². The standard InChI is InChI=1S/C23H22F3N3O4/c1-31-19-11-17-18(12-20(19)32-2)27-13-28-21(17)14-7-9-29(10-8-14)22(30)15-3-5-16(6-4-15)33-23(24,25)26/h3-6,11-14H,7-10H2,1-2H3. The quantitative estimate of drug-likeness (QED) is 0.555. The summed E-state index contributed by atoms with van der Waals surface area (Å²) in [5.74, 6) is 0.708. The van der Waals surface area contributed by atoms with Crippen molar-refractivity contribution in [3.8, 4) is 17.2 Å². The molecule has 1 fully saturated rings. The lowest BCUT2D eigenvalue weighted by Gasteiger charge is -2.32. The van der Waals surface area contributed by atoms with Gasteiger partial charge in [-0.05, 0) is 43.2 Å². The number of fused-ring (bicyclic) bond motifs is 1. The molecule has 3 aromatic rings. The van der Waals surface area contributed by atoms with Crippen LogP contribution in [0.2, 0.25) is 0 Å². The van der Waals surface area contributed by atoms with Gasteiger partial charge in [-0.2, -0.15) is 0 Å². The fourth-order valence-electron chi connectivity index (χ4n) is 4.07. The van der Waals surface area contributed by atoms with Gasteiger partial charge < -0.3 is 19.1 Å². The normalized spacial score (nSPS) is 14.9. The average Bonchev–Trinajstić information content (AvgIpc) is 2.82. The Balaban J connectivity index is 1.47. The van der Waals surface area contributed by atoms with E-state index in [-0.39, 0.29) is 17.6 Å². The molecular formula is C23H22F3N3O4. The van der Waals surface area contributed by atoms with Crippen molar-refractivity contribution in [3.63, 3.8) is 0 Å². The third kappa shape index (κ3) is 4.94. The molecule has 1 aliphatic rings. The largest absolute Gasteiger partial charge is 0.573 e. The summed E-state index contributed by atoms with van der Waals surface area (Å²) in [6.07, 6.45) is -1.86. The van der Waals surface area contributed by atoms with Crippen molar-refractivity contribution in [3.05, 3.63) is 54.0 Å². The van der Waals surface area contributed by atoms with Gasteiger partial charge in [0.15, 0.2) is 11.5 Å². The third-order valence-electron chi connectivity index (χ3n) is 5.68. The number of methoxy groups -OCH3 is 2. The van der Waals surface area contributed by atoms with Crippen LogP contribution in [-0.4, -0.2) is 54.4 Å². The summed E-state index contributed by atoms with van der Waals surface area (Å²) in [7, 11) is 3.13. The van der Waals surface area contributed by atoms with E-state index in [0.717, 1.165) is 28.7 Å². The van der Waals surface area contributed by atoms with Crippen molar-refractivity contribution < 1.29 is 32.2 Å². The first-order valence-corrected chi connectivity index (χ1v) is 10.3. The van der Waals surface area contributed by atoms with Crippen LogP contribution >= 0.6 is 0 Å². The Bertz CT molecular complexity index is 1140. The van der Waals surface area contributed by atoms with E-state index >= 15 is 0 Å². The van der Waals surface area contributed by atoms with Crippen LogP contribution in [0.3, 0.4) is 0 Å². The molecule has 1 aliphatic heterocycles. The maximum absolute atomic E-state index is 12.8. The molecule has 0 radical (unpaired) electrons. The number of carbonyl (C=O) groups is 1. The molecule has 2 heterocycles. The molecule has 0 saturated carbocycles. The molecule has 174 valence electrons. The van der Waals surface area contributed by atoms with Crippen LogP contribution in [0.5, 0.6) is 17.2 Å². The average molecular weight is 461 g/mol. The van der Waals surface area contributed by atoms with Gasteiger partial charge in [-0.25, -0.2) is 9.97 Å². The molecule has 4 rings (SSSR count). The summed E-state index contributed by atoms with van der Waals surface area (Å²) in [6.45, 7) is 1.01. The topological polar surface area (TPSA) is 73.8 Å². The fourth-order valence-corrected chi connectivity index (χ4v) is 4.07. The Morgan fingerprint density at radius 3 is 2.24 bits per heavy atom. The number of rotatable bonds is 5. The zero-order valence-corrected chi connectivity index (χ0v) is 18.1. The Morgan fingerprint density at radius 2 is 1.64 bits per heavy atom. The lowest BCUT2D eigenvalue weighted by atomic mass is 9.90. The fraction of sp³-hybridized carbons (Fsp3) is 0.348. The van der Waals surface area contributed by atoms with Crippen LogP contribution < -0.4 is 14.2 Å². The van der Waals surface area contributed by atoms with E-state index in [1.54, 1.807) is 19.1 Å². The maximum Gasteiger partial charge on any atom is 0.573 e. The first kappa shape index (κ1) is 22.6. The number of aromatic nitrogens is 2. The first-order chi connectivity index (χ1) is 15.8. The second kappa shape index (κ2) is 9.13. The van der Waals surface area contributed by atoms with E-state index in [1.807, 2.05) is 12.1 Å². The van der Waals surface area contributed by atoms with E-state index in [1.165, 1.54) is 18.5 Å². The Kier molecular flexibility index (Phi) is 6.26. The van der Waals surface area contributed by atoms with E-state index in [4.69, 9.17) is 9.47 Å². The van der Waals surface area contributed by atoms with Crippen LogP contribution in [0.15, 0.2) is 42.7 Å². The number of likely N-dealkylation sites (tertiary alicyclic amines) is 1. The number of hydrogen-bond acceptors (Lipinski definition) is 6. The molecule has 7 nitrogen and oxygen atoms in total. The van der Waals surface area contributed by atoms with Crippen molar-refractivity contribution >= 4 is 16.8 Å². The number of carbonyl (C=O) groups excluding carboxylic acids is 1. The number of halogens is 3. The predicted octanol–water partition coefficient (Wildman–Crippen LogP) is 4.57. The number of ether oxygens (including phenoxy) is 3. The summed E-state index contributed by atoms with van der Waals surface area (Å²) in [5.41, 5.74) is 1.95. The van der Waals surface area contributed by atoms with Gasteiger partial charge in [-0.15, -0.1) is 13.2 Å². The summed E-state index contributed by atoms with van der Waals surface area (Å²) < 4.78 is 51.6. The van der Waals surface area contributed by atoms with Crippen molar-refractivity contribution in [2.75, 3.05) is 27.3 Å². The second-order valence-electron chi connectivity index (χ2n) is 7.62. The van der Waals surface area contributed by atoms with Crippen LogP contribution in [0.25, 0.3) is 10.9 Å². The molecule has 0 aliphatic carbocycles. The number of piperidine rings is 1. The van der Waals surface area contributed by atoms with Crippen LogP contribution in [0, 0.1) is 0 Å².